The number of aromatic nitrogens is 3. The lowest BCUT2D eigenvalue weighted by molar-refractivity contribution is 0.102. The van der Waals surface area contributed by atoms with Crippen molar-refractivity contribution >= 4 is 23.2 Å². The van der Waals surface area contributed by atoms with Gasteiger partial charge in [-0.3, -0.25) is 15.2 Å². The van der Waals surface area contributed by atoms with Gasteiger partial charge in [0.25, 0.3) is 5.91 Å². The summed E-state index contributed by atoms with van der Waals surface area (Å²) in [6, 6.07) is 19.1. The number of anilines is 3. The smallest absolute Gasteiger partial charge is 0.255 e. The average Bonchev–Trinajstić information content (AvgIpc) is 2.95. The first kappa shape index (κ1) is 24.5. The van der Waals surface area contributed by atoms with Gasteiger partial charge in [-0.15, -0.1) is 0 Å². The molecule has 4 N–H and O–H groups in total. The number of carbonyl (C=O) groups is 1. The van der Waals surface area contributed by atoms with E-state index in [4.69, 9.17) is 0 Å². The van der Waals surface area contributed by atoms with E-state index in [9.17, 15) is 4.79 Å². The molecule has 2 aromatic heterocycles. The molecular formula is C28H30N8O. The van der Waals surface area contributed by atoms with Gasteiger partial charge in [-0.05, 0) is 60.5 Å². The minimum atomic E-state index is -0.161. The minimum absolute atomic E-state index is 0.161. The summed E-state index contributed by atoms with van der Waals surface area (Å²) in [6.45, 7) is 6.68. The highest BCUT2D eigenvalue weighted by Crippen LogP contribution is 2.24. The van der Waals surface area contributed by atoms with Crippen LogP contribution >= 0.6 is 0 Å². The number of amides is 1. The van der Waals surface area contributed by atoms with Gasteiger partial charge in [-0.2, -0.15) is 0 Å². The van der Waals surface area contributed by atoms with Gasteiger partial charge in [0.2, 0.25) is 5.95 Å². The van der Waals surface area contributed by atoms with Crippen molar-refractivity contribution in [3.63, 3.8) is 0 Å². The van der Waals surface area contributed by atoms with Crippen LogP contribution in [0.2, 0.25) is 0 Å². The summed E-state index contributed by atoms with van der Waals surface area (Å²) in [5, 5.41) is 11.8. The molecule has 2 aromatic carbocycles. The van der Waals surface area contributed by atoms with Gasteiger partial charge in [0.15, 0.2) is 0 Å². The molecule has 1 fully saturated rings. The number of hydrogen-bond acceptors (Lipinski definition) is 8. The van der Waals surface area contributed by atoms with Crippen LogP contribution in [0.15, 0.2) is 79.3 Å². The second-order valence-corrected chi connectivity index (χ2v) is 8.88. The zero-order chi connectivity index (χ0) is 25.5. The molecule has 9 heteroatoms. The number of nitrogens with zero attached hydrogens (tertiary/aromatic N) is 4. The number of rotatable bonds is 8. The van der Waals surface area contributed by atoms with Crippen molar-refractivity contribution in [3.05, 3.63) is 95.9 Å². The average molecular weight is 495 g/mol. The van der Waals surface area contributed by atoms with Crippen LogP contribution in [0, 0.1) is 6.92 Å². The molecule has 0 bridgehead atoms. The first-order chi connectivity index (χ1) is 18.1. The van der Waals surface area contributed by atoms with E-state index >= 15 is 0 Å². The van der Waals surface area contributed by atoms with Gasteiger partial charge in [0.1, 0.15) is 0 Å². The normalized spacial score (nSPS) is 13.8. The SMILES string of the molecule is Cc1ccc(NC(=O)c2ccc(CNN3CCNCC3)cc2)cc1Nc1nccc(-c2cccnc2)n1. The van der Waals surface area contributed by atoms with Crippen molar-refractivity contribution in [2.45, 2.75) is 13.5 Å². The van der Waals surface area contributed by atoms with E-state index in [1.165, 1.54) is 0 Å². The highest BCUT2D eigenvalue weighted by molar-refractivity contribution is 6.04. The number of pyridine rings is 1. The predicted molar refractivity (Wildman–Crippen MR) is 145 cm³/mol. The first-order valence-corrected chi connectivity index (χ1v) is 12.3. The van der Waals surface area contributed by atoms with Crippen LogP contribution in [-0.4, -0.2) is 52.0 Å². The molecule has 37 heavy (non-hydrogen) atoms. The zero-order valence-electron chi connectivity index (χ0n) is 20.7. The number of carbonyl (C=O) groups excluding carboxylic acids is 1. The van der Waals surface area contributed by atoms with E-state index in [0.29, 0.717) is 17.2 Å². The zero-order valence-corrected chi connectivity index (χ0v) is 20.7. The Kier molecular flexibility index (Phi) is 7.75. The van der Waals surface area contributed by atoms with Crippen molar-refractivity contribution in [1.82, 2.24) is 30.7 Å². The molecule has 0 saturated carbocycles. The lowest BCUT2D eigenvalue weighted by Gasteiger charge is -2.27. The highest BCUT2D eigenvalue weighted by atomic mass is 16.1. The van der Waals surface area contributed by atoms with E-state index in [1.54, 1.807) is 18.6 Å². The van der Waals surface area contributed by atoms with Crippen molar-refractivity contribution < 1.29 is 4.79 Å². The van der Waals surface area contributed by atoms with Crippen molar-refractivity contribution in [2.75, 3.05) is 36.8 Å². The molecule has 1 saturated heterocycles. The maximum Gasteiger partial charge on any atom is 0.255 e. The van der Waals surface area contributed by atoms with Crippen molar-refractivity contribution in [2.24, 2.45) is 0 Å². The molecule has 0 spiro atoms. The highest BCUT2D eigenvalue weighted by Gasteiger charge is 2.11. The summed E-state index contributed by atoms with van der Waals surface area (Å²) in [5.41, 5.74) is 9.38. The minimum Gasteiger partial charge on any atom is -0.324 e. The second-order valence-electron chi connectivity index (χ2n) is 8.88. The molecule has 1 amide bonds. The molecule has 1 aliphatic heterocycles. The Balaban J connectivity index is 1.22. The van der Waals surface area contributed by atoms with Crippen LogP contribution < -0.4 is 21.4 Å². The molecule has 5 rings (SSSR count). The van der Waals surface area contributed by atoms with Gasteiger partial charge >= 0.3 is 0 Å². The Morgan fingerprint density at radius 1 is 1.03 bits per heavy atom. The maximum atomic E-state index is 12.9. The van der Waals surface area contributed by atoms with Crippen LogP contribution in [0.5, 0.6) is 0 Å². The summed E-state index contributed by atoms with van der Waals surface area (Å²) >= 11 is 0. The quantitative estimate of drug-likeness (QED) is 0.293. The molecule has 0 radical (unpaired) electrons. The van der Waals surface area contributed by atoms with Crippen LogP contribution in [0.4, 0.5) is 17.3 Å². The van der Waals surface area contributed by atoms with Crippen molar-refractivity contribution in [1.29, 1.82) is 0 Å². The third-order valence-corrected chi connectivity index (χ3v) is 6.19. The number of benzene rings is 2. The number of hydrazine groups is 1. The maximum absolute atomic E-state index is 12.9. The summed E-state index contributed by atoms with van der Waals surface area (Å²) < 4.78 is 0. The standard InChI is InChI=1S/C28H30N8O/c1-20-4-9-24(17-26(20)35-28-31-12-10-25(34-28)23-3-2-11-30-19-23)33-27(37)22-7-5-21(6-8-22)18-32-36-15-13-29-14-16-36/h2-12,17,19,29,32H,13-16,18H2,1H3,(H,33,37)(H,31,34,35). The molecule has 0 unspecified atom stereocenters. The summed E-state index contributed by atoms with van der Waals surface area (Å²) in [5.74, 6) is 0.309. The molecule has 9 nitrogen and oxygen atoms in total. The molecule has 0 atom stereocenters. The Bertz CT molecular complexity index is 1340. The van der Waals surface area contributed by atoms with Crippen LogP contribution in [0.3, 0.4) is 0 Å². The number of nitrogens with one attached hydrogen (secondary N) is 4. The number of aryl methyl sites for hydroxylation is 1. The van der Waals surface area contributed by atoms with Crippen molar-refractivity contribution in [3.8, 4) is 11.3 Å². The molecule has 4 aromatic rings. The van der Waals surface area contributed by atoms with Gasteiger partial charge in [-0.25, -0.2) is 15.0 Å². The number of piperazine rings is 1. The number of hydrogen-bond donors (Lipinski definition) is 4. The fourth-order valence-electron chi connectivity index (χ4n) is 4.05. The lowest BCUT2D eigenvalue weighted by atomic mass is 10.1. The first-order valence-electron chi connectivity index (χ1n) is 12.3. The van der Waals surface area contributed by atoms with Crippen LogP contribution in [0.1, 0.15) is 21.5 Å². The second kappa shape index (κ2) is 11.7. The Morgan fingerprint density at radius 3 is 2.65 bits per heavy atom. The lowest BCUT2D eigenvalue weighted by Crippen LogP contribution is -2.49. The summed E-state index contributed by atoms with van der Waals surface area (Å²) in [7, 11) is 0. The topological polar surface area (TPSA) is 107 Å². The summed E-state index contributed by atoms with van der Waals surface area (Å²) in [4.78, 5) is 26.0. The van der Waals surface area contributed by atoms with Crippen LogP contribution in [0.25, 0.3) is 11.3 Å². The third kappa shape index (κ3) is 6.53. The largest absolute Gasteiger partial charge is 0.324 e. The van der Waals surface area contributed by atoms with E-state index in [-0.39, 0.29) is 5.91 Å². The monoisotopic (exact) mass is 494 g/mol. The molecule has 188 valence electrons. The van der Waals surface area contributed by atoms with Gasteiger partial charge in [-0.1, -0.05) is 18.2 Å². The predicted octanol–water partition coefficient (Wildman–Crippen LogP) is 3.75. The van der Waals surface area contributed by atoms with Gasteiger partial charge in [0.05, 0.1) is 5.69 Å². The third-order valence-electron chi connectivity index (χ3n) is 6.19. The van der Waals surface area contributed by atoms with E-state index in [2.05, 4.69) is 41.3 Å². The van der Waals surface area contributed by atoms with Gasteiger partial charge in [0, 0.05) is 73.8 Å². The van der Waals surface area contributed by atoms with E-state index in [1.807, 2.05) is 67.6 Å². The molecule has 1 aliphatic rings. The Morgan fingerprint density at radius 2 is 1.86 bits per heavy atom. The fraction of sp³-hybridized carbons (Fsp3) is 0.214. The fourth-order valence-corrected chi connectivity index (χ4v) is 4.05. The van der Waals surface area contributed by atoms with Crippen LogP contribution in [-0.2, 0) is 6.54 Å². The van der Waals surface area contributed by atoms with Gasteiger partial charge < -0.3 is 16.0 Å². The Hall–Kier alpha value is -4.18. The summed E-state index contributed by atoms with van der Waals surface area (Å²) in [6.07, 6.45) is 5.21. The van der Waals surface area contributed by atoms with E-state index < -0.39 is 0 Å². The molecular weight excluding hydrogens is 464 g/mol. The Labute approximate surface area is 216 Å². The molecule has 0 aliphatic carbocycles. The molecule has 3 heterocycles. The van der Waals surface area contributed by atoms with E-state index in [0.717, 1.165) is 60.8 Å².